The molecule has 0 amide bonds. The van der Waals surface area contributed by atoms with E-state index >= 15 is 0 Å². The van der Waals surface area contributed by atoms with Crippen LogP contribution in [0, 0.1) is 6.92 Å². The number of aromatic amines is 1. The molecular weight excluding hydrogens is 248 g/mol. The Hall–Kier alpha value is -0.870. The molecule has 1 aromatic rings. The number of H-pyrrole nitrogens is 1. The average Bonchev–Trinajstić information content (AvgIpc) is 2.94. The summed E-state index contributed by atoms with van der Waals surface area (Å²) in [6.45, 7) is 10.6. The van der Waals surface area contributed by atoms with Gasteiger partial charge in [-0.3, -0.25) is 4.90 Å². The topological polar surface area (TPSA) is 35.2 Å². The summed E-state index contributed by atoms with van der Waals surface area (Å²) in [6.07, 6.45) is 7.26. The highest BCUT2D eigenvalue weighted by Crippen LogP contribution is 2.28. The summed E-state index contributed by atoms with van der Waals surface area (Å²) in [6, 6.07) is 0.802. The number of aryl methyl sites for hydroxylation is 1. The summed E-state index contributed by atoms with van der Waals surface area (Å²) in [5.74, 6) is 1.82. The maximum absolute atomic E-state index is 4.55. The lowest BCUT2D eigenvalue weighted by atomic mass is 9.93. The van der Waals surface area contributed by atoms with Crippen molar-refractivity contribution in [3.8, 4) is 0 Å². The van der Waals surface area contributed by atoms with Crippen LogP contribution in [0.3, 0.4) is 0 Å². The highest BCUT2D eigenvalue weighted by Gasteiger charge is 2.29. The van der Waals surface area contributed by atoms with E-state index in [-0.39, 0.29) is 0 Å². The van der Waals surface area contributed by atoms with Gasteiger partial charge in [0.25, 0.3) is 0 Å². The van der Waals surface area contributed by atoms with Crippen molar-refractivity contribution in [1.29, 1.82) is 0 Å². The van der Waals surface area contributed by atoms with Crippen LogP contribution in [0.2, 0.25) is 0 Å². The van der Waals surface area contributed by atoms with Crippen LogP contribution in [0.15, 0.2) is 6.20 Å². The smallest absolute Gasteiger partial charge is 0.110 e. The fourth-order valence-electron chi connectivity index (χ4n) is 3.80. The number of piperidine rings is 2. The zero-order valence-electron chi connectivity index (χ0n) is 12.9. The molecule has 2 aliphatic rings. The molecule has 1 unspecified atom stereocenters. The monoisotopic (exact) mass is 276 g/mol. The summed E-state index contributed by atoms with van der Waals surface area (Å²) >= 11 is 0. The molecule has 2 saturated heterocycles. The molecule has 3 heterocycles. The maximum Gasteiger partial charge on any atom is 0.110 e. The van der Waals surface area contributed by atoms with Gasteiger partial charge in [-0.15, -0.1) is 0 Å². The molecule has 2 aliphatic heterocycles. The second-order valence-electron chi connectivity index (χ2n) is 6.45. The minimum atomic E-state index is 0.613. The first kappa shape index (κ1) is 14.1. The van der Waals surface area contributed by atoms with E-state index in [1.54, 1.807) is 0 Å². The number of likely N-dealkylation sites (tertiary alicyclic amines) is 2. The van der Waals surface area contributed by atoms with Crippen molar-refractivity contribution in [2.45, 2.75) is 51.5 Å². The molecule has 112 valence electrons. The van der Waals surface area contributed by atoms with E-state index in [0.717, 1.165) is 6.04 Å². The van der Waals surface area contributed by atoms with Gasteiger partial charge in [-0.1, -0.05) is 6.92 Å². The Labute approximate surface area is 122 Å². The van der Waals surface area contributed by atoms with Gasteiger partial charge in [-0.2, -0.15) is 0 Å². The molecule has 0 aromatic carbocycles. The van der Waals surface area contributed by atoms with Crippen LogP contribution in [0.1, 0.15) is 50.0 Å². The van der Waals surface area contributed by atoms with Crippen LogP contribution in [-0.4, -0.2) is 58.5 Å². The zero-order chi connectivity index (χ0) is 13.9. The van der Waals surface area contributed by atoms with E-state index in [4.69, 9.17) is 0 Å². The summed E-state index contributed by atoms with van der Waals surface area (Å²) in [5.41, 5.74) is 1.19. The van der Waals surface area contributed by atoms with Crippen molar-refractivity contribution < 1.29 is 0 Å². The van der Waals surface area contributed by atoms with Gasteiger partial charge in [0.05, 0.1) is 0 Å². The Morgan fingerprint density at radius 2 is 2.05 bits per heavy atom. The molecule has 0 spiro atoms. The Balaban J connectivity index is 1.58. The Bertz CT molecular complexity index is 420. The number of aromatic nitrogens is 2. The number of rotatable bonds is 3. The largest absolute Gasteiger partial charge is 0.346 e. The van der Waals surface area contributed by atoms with Gasteiger partial charge in [0.15, 0.2) is 0 Å². The third kappa shape index (κ3) is 3.07. The van der Waals surface area contributed by atoms with E-state index in [0.29, 0.717) is 5.92 Å². The van der Waals surface area contributed by atoms with Crippen molar-refractivity contribution >= 4 is 0 Å². The average molecular weight is 276 g/mol. The minimum Gasteiger partial charge on any atom is -0.346 e. The van der Waals surface area contributed by atoms with Gasteiger partial charge >= 0.3 is 0 Å². The lowest BCUT2D eigenvalue weighted by Gasteiger charge is -2.41. The fraction of sp³-hybridized carbons (Fsp3) is 0.812. The number of nitrogens with zero attached hydrogens (tertiary/aromatic N) is 3. The second kappa shape index (κ2) is 6.27. The van der Waals surface area contributed by atoms with Crippen LogP contribution < -0.4 is 0 Å². The van der Waals surface area contributed by atoms with E-state index in [1.165, 1.54) is 69.9 Å². The lowest BCUT2D eigenvalue weighted by Crippen LogP contribution is -2.48. The highest BCUT2D eigenvalue weighted by atomic mass is 15.2. The summed E-state index contributed by atoms with van der Waals surface area (Å²) in [4.78, 5) is 13.3. The molecule has 1 atom stereocenters. The Kier molecular flexibility index (Phi) is 4.41. The van der Waals surface area contributed by atoms with Crippen molar-refractivity contribution in [3.63, 3.8) is 0 Å². The minimum absolute atomic E-state index is 0.613. The van der Waals surface area contributed by atoms with Crippen LogP contribution in [0.5, 0.6) is 0 Å². The van der Waals surface area contributed by atoms with Crippen LogP contribution in [0.4, 0.5) is 0 Å². The van der Waals surface area contributed by atoms with E-state index in [1.807, 2.05) is 6.20 Å². The SMILES string of the molecule is CCN1CCC(N2CCCC(c3ncc(C)[nH]3)C2)CC1. The quantitative estimate of drug-likeness (QED) is 0.920. The third-order valence-corrected chi connectivity index (χ3v) is 5.08. The Morgan fingerprint density at radius 1 is 1.25 bits per heavy atom. The van der Waals surface area contributed by atoms with Crippen molar-refractivity contribution in [2.75, 3.05) is 32.7 Å². The number of imidazole rings is 1. The second-order valence-corrected chi connectivity index (χ2v) is 6.45. The van der Waals surface area contributed by atoms with Gasteiger partial charge < -0.3 is 9.88 Å². The van der Waals surface area contributed by atoms with Gasteiger partial charge in [0.1, 0.15) is 5.82 Å². The molecule has 2 fully saturated rings. The van der Waals surface area contributed by atoms with Crippen molar-refractivity contribution in [3.05, 3.63) is 17.7 Å². The van der Waals surface area contributed by atoms with Gasteiger partial charge in [-0.05, 0) is 58.8 Å². The third-order valence-electron chi connectivity index (χ3n) is 5.08. The molecular formula is C16H28N4. The van der Waals surface area contributed by atoms with Crippen LogP contribution >= 0.6 is 0 Å². The number of nitrogens with one attached hydrogen (secondary N) is 1. The predicted octanol–water partition coefficient (Wildman–Crippen LogP) is 2.38. The maximum atomic E-state index is 4.55. The Morgan fingerprint density at radius 3 is 2.70 bits per heavy atom. The normalized spacial score (nSPS) is 27.0. The molecule has 0 radical (unpaired) electrons. The molecule has 4 nitrogen and oxygen atoms in total. The number of hydrogen-bond acceptors (Lipinski definition) is 3. The standard InChI is InChI=1S/C16H28N4/c1-3-19-9-6-15(7-10-19)20-8-4-5-14(12-20)16-17-11-13(2)18-16/h11,14-15H,3-10,12H2,1-2H3,(H,17,18). The van der Waals surface area contributed by atoms with E-state index in [9.17, 15) is 0 Å². The molecule has 0 aliphatic carbocycles. The number of hydrogen-bond donors (Lipinski definition) is 1. The van der Waals surface area contributed by atoms with Crippen LogP contribution in [-0.2, 0) is 0 Å². The van der Waals surface area contributed by atoms with E-state index in [2.05, 4.69) is 33.6 Å². The molecule has 0 bridgehead atoms. The van der Waals surface area contributed by atoms with E-state index < -0.39 is 0 Å². The first-order chi connectivity index (χ1) is 9.76. The summed E-state index contributed by atoms with van der Waals surface area (Å²) < 4.78 is 0. The first-order valence-corrected chi connectivity index (χ1v) is 8.24. The molecule has 0 saturated carbocycles. The zero-order valence-corrected chi connectivity index (χ0v) is 12.9. The van der Waals surface area contributed by atoms with Crippen molar-refractivity contribution in [1.82, 2.24) is 19.8 Å². The summed E-state index contributed by atoms with van der Waals surface area (Å²) in [5, 5.41) is 0. The molecule has 3 rings (SSSR count). The van der Waals surface area contributed by atoms with Crippen molar-refractivity contribution in [2.24, 2.45) is 0 Å². The van der Waals surface area contributed by atoms with Gasteiger partial charge in [0.2, 0.25) is 0 Å². The lowest BCUT2D eigenvalue weighted by molar-refractivity contribution is 0.0859. The molecule has 20 heavy (non-hydrogen) atoms. The van der Waals surface area contributed by atoms with Gasteiger partial charge in [0, 0.05) is 30.4 Å². The fourth-order valence-corrected chi connectivity index (χ4v) is 3.80. The van der Waals surface area contributed by atoms with Crippen LogP contribution in [0.25, 0.3) is 0 Å². The van der Waals surface area contributed by atoms with Gasteiger partial charge in [-0.25, -0.2) is 4.98 Å². The summed E-state index contributed by atoms with van der Waals surface area (Å²) in [7, 11) is 0. The molecule has 1 aromatic heterocycles. The highest BCUT2D eigenvalue weighted by molar-refractivity contribution is 5.06. The first-order valence-electron chi connectivity index (χ1n) is 8.24. The molecule has 4 heteroatoms. The molecule has 1 N–H and O–H groups in total. The predicted molar refractivity (Wildman–Crippen MR) is 82.0 cm³/mol.